The Morgan fingerprint density at radius 1 is 1.08 bits per heavy atom. The lowest BCUT2D eigenvalue weighted by Crippen LogP contribution is -2.40. The fourth-order valence-electron chi connectivity index (χ4n) is 2.77. The van der Waals surface area contributed by atoms with Crippen LogP contribution in [0.5, 0.6) is 0 Å². The molecule has 7 nitrogen and oxygen atoms in total. The summed E-state index contributed by atoms with van der Waals surface area (Å²) in [5, 5.41) is 0. The number of hydrogen-bond donors (Lipinski definition) is 1. The normalized spacial score (nSPS) is 15.9. The molecule has 26 heavy (non-hydrogen) atoms. The van der Waals surface area contributed by atoms with Crippen LogP contribution in [0, 0.1) is 5.82 Å². The second-order valence-electron chi connectivity index (χ2n) is 5.82. The fourth-order valence-corrected chi connectivity index (χ4v) is 5.32. The van der Waals surface area contributed by atoms with E-state index in [9.17, 15) is 21.2 Å². The van der Waals surface area contributed by atoms with E-state index in [0.717, 1.165) is 14.7 Å². The van der Waals surface area contributed by atoms with Crippen LogP contribution in [0.15, 0.2) is 48.5 Å². The Morgan fingerprint density at radius 2 is 1.77 bits per heavy atom. The zero-order chi connectivity index (χ0) is 18.9. The Bertz CT molecular complexity index is 1030. The van der Waals surface area contributed by atoms with Crippen molar-refractivity contribution in [2.24, 2.45) is 0 Å². The summed E-state index contributed by atoms with van der Waals surface area (Å²) in [6, 6.07) is 12.1. The zero-order valence-corrected chi connectivity index (χ0v) is 15.6. The van der Waals surface area contributed by atoms with Gasteiger partial charge >= 0.3 is 10.2 Å². The predicted molar refractivity (Wildman–Crippen MR) is 98.1 cm³/mol. The van der Waals surface area contributed by atoms with Gasteiger partial charge in [0.1, 0.15) is 5.82 Å². The summed E-state index contributed by atoms with van der Waals surface area (Å²) in [6.45, 7) is -0.148. The van der Waals surface area contributed by atoms with Crippen molar-refractivity contribution in [2.45, 2.75) is 5.75 Å². The minimum atomic E-state index is -3.72. The number of halogens is 1. The van der Waals surface area contributed by atoms with E-state index in [1.807, 2.05) is 0 Å². The summed E-state index contributed by atoms with van der Waals surface area (Å²) in [4.78, 5) is 0. The van der Waals surface area contributed by atoms with Gasteiger partial charge in [0, 0.05) is 20.1 Å². The molecule has 0 radical (unpaired) electrons. The summed E-state index contributed by atoms with van der Waals surface area (Å²) in [5.74, 6) is -0.894. The van der Waals surface area contributed by atoms with Crippen molar-refractivity contribution in [1.29, 1.82) is 0 Å². The van der Waals surface area contributed by atoms with Gasteiger partial charge < -0.3 is 0 Å². The summed E-state index contributed by atoms with van der Waals surface area (Å²) in [7, 11) is -6.00. The Hall–Kier alpha value is -2.17. The molecule has 10 heteroatoms. The predicted octanol–water partition coefficient (Wildman–Crippen LogP) is 1.45. The average molecular weight is 399 g/mol. The molecule has 0 amide bonds. The highest BCUT2D eigenvalue weighted by Crippen LogP contribution is 2.38. The van der Waals surface area contributed by atoms with Crippen LogP contribution in [-0.2, 0) is 26.0 Å². The Balaban J connectivity index is 1.68. The van der Waals surface area contributed by atoms with Crippen LogP contribution < -0.4 is 13.3 Å². The van der Waals surface area contributed by atoms with E-state index < -0.39 is 26.0 Å². The van der Waals surface area contributed by atoms with Gasteiger partial charge in [0.25, 0.3) is 0 Å². The molecule has 2 aromatic rings. The molecule has 1 heterocycles. The second kappa shape index (κ2) is 6.86. The number of nitrogens with one attached hydrogen (secondary N) is 1. The number of fused-ring (bicyclic) bond motifs is 1. The van der Waals surface area contributed by atoms with E-state index in [1.54, 1.807) is 24.3 Å². The maximum Gasteiger partial charge on any atom is 0.326 e. The lowest BCUT2D eigenvalue weighted by atomic mass is 10.2. The van der Waals surface area contributed by atoms with Gasteiger partial charge in [-0.2, -0.15) is 8.42 Å². The highest BCUT2D eigenvalue weighted by atomic mass is 32.2. The molecule has 0 fully saturated rings. The molecule has 1 aliphatic rings. The molecule has 0 atom stereocenters. The first kappa shape index (κ1) is 18.6. The molecule has 140 valence electrons. The first-order valence-electron chi connectivity index (χ1n) is 7.78. The van der Waals surface area contributed by atoms with Gasteiger partial charge in [-0.1, -0.05) is 24.3 Å². The number of para-hydroxylation sites is 2. The van der Waals surface area contributed by atoms with Gasteiger partial charge in [-0.15, -0.1) is 0 Å². The number of rotatable bonds is 6. The van der Waals surface area contributed by atoms with Crippen molar-refractivity contribution in [2.75, 3.05) is 28.7 Å². The van der Waals surface area contributed by atoms with Crippen molar-refractivity contribution < 1.29 is 21.2 Å². The highest BCUT2D eigenvalue weighted by Gasteiger charge is 2.37. The maximum atomic E-state index is 13.2. The molecular weight excluding hydrogens is 381 g/mol. The van der Waals surface area contributed by atoms with Gasteiger partial charge in [0.15, 0.2) is 0 Å². The molecule has 0 aliphatic carbocycles. The molecule has 0 aromatic heterocycles. The van der Waals surface area contributed by atoms with Crippen LogP contribution in [0.25, 0.3) is 0 Å². The van der Waals surface area contributed by atoms with Gasteiger partial charge in [0.2, 0.25) is 10.0 Å². The highest BCUT2D eigenvalue weighted by molar-refractivity contribution is 7.94. The van der Waals surface area contributed by atoms with Crippen LogP contribution in [0.2, 0.25) is 0 Å². The van der Waals surface area contributed by atoms with Crippen molar-refractivity contribution in [3.05, 3.63) is 59.9 Å². The van der Waals surface area contributed by atoms with Gasteiger partial charge in [0.05, 0.1) is 17.1 Å². The molecule has 0 unspecified atom stereocenters. The quantitative estimate of drug-likeness (QED) is 0.797. The Kier molecular flexibility index (Phi) is 4.91. The summed E-state index contributed by atoms with van der Waals surface area (Å²) in [5.41, 5.74) is 1.35. The van der Waals surface area contributed by atoms with Gasteiger partial charge in [-0.3, -0.25) is 4.31 Å². The van der Waals surface area contributed by atoms with Crippen molar-refractivity contribution in [1.82, 2.24) is 4.72 Å². The number of hydrogen-bond acceptors (Lipinski definition) is 4. The minimum Gasteiger partial charge on any atom is -0.254 e. The largest absolute Gasteiger partial charge is 0.326 e. The van der Waals surface area contributed by atoms with Crippen LogP contribution in [-0.4, -0.2) is 37.0 Å². The molecule has 0 saturated heterocycles. The van der Waals surface area contributed by atoms with Crippen molar-refractivity contribution >= 4 is 31.6 Å². The monoisotopic (exact) mass is 399 g/mol. The zero-order valence-electron chi connectivity index (χ0n) is 14.0. The van der Waals surface area contributed by atoms with E-state index in [2.05, 4.69) is 4.72 Å². The van der Waals surface area contributed by atoms with Crippen molar-refractivity contribution in [3.8, 4) is 0 Å². The molecule has 0 saturated carbocycles. The fraction of sp³-hybridized carbons (Fsp3) is 0.250. The Morgan fingerprint density at radius 3 is 2.46 bits per heavy atom. The third-order valence-corrected chi connectivity index (χ3v) is 7.18. The first-order chi connectivity index (χ1) is 12.2. The van der Waals surface area contributed by atoms with Gasteiger partial charge in [-0.25, -0.2) is 21.8 Å². The SMILES string of the molecule is CN1c2ccccc2N(CCNS(=O)(=O)Cc2cccc(F)c2)S1(=O)=O. The molecular formula is C16H18FN3O4S2. The second-order valence-corrected chi connectivity index (χ2v) is 9.51. The number of anilines is 2. The van der Waals surface area contributed by atoms with Crippen LogP contribution in [0.3, 0.4) is 0 Å². The number of benzene rings is 2. The summed E-state index contributed by atoms with van der Waals surface area (Å²) < 4.78 is 67.1. The van der Waals surface area contributed by atoms with E-state index >= 15 is 0 Å². The number of nitrogens with zero attached hydrogens (tertiary/aromatic N) is 2. The van der Waals surface area contributed by atoms with Crippen LogP contribution >= 0.6 is 0 Å². The van der Waals surface area contributed by atoms with Gasteiger partial charge in [-0.05, 0) is 29.8 Å². The molecule has 0 spiro atoms. The first-order valence-corrected chi connectivity index (χ1v) is 10.8. The third-order valence-electron chi connectivity index (χ3n) is 4.00. The summed E-state index contributed by atoms with van der Waals surface area (Å²) in [6.07, 6.45) is 0. The van der Waals surface area contributed by atoms with Crippen molar-refractivity contribution in [3.63, 3.8) is 0 Å². The third kappa shape index (κ3) is 3.67. The topological polar surface area (TPSA) is 86.8 Å². The summed E-state index contributed by atoms with van der Waals surface area (Å²) >= 11 is 0. The number of sulfonamides is 1. The lowest BCUT2D eigenvalue weighted by molar-refractivity contribution is 0.576. The molecule has 2 aromatic carbocycles. The maximum absolute atomic E-state index is 13.2. The van der Waals surface area contributed by atoms with Crippen LogP contribution in [0.4, 0.5) is 15.8 Å². The van der Waals surface area contributed by atoms with Crippen LogP contribution in [0.1, 0.15) is 5.56 Å². The minimum absolute atomic E-state index is 0.0495. The molecule has 0 bridgehead atoms. The van der Waals surface area contributed by atoms with E-state index in [0.29, 0.717) is 16.9 Å². The molecule has 1 N–H and O–H groups in total. The Labute approximate surface area is 152 Å². The average Bonchev–Trinajstić information content (AvgIpc) is 2.75. The van der Waals surface area contributed by atoms with E-state index in [-0.39, 0.29) is 18.8 Å². The smallest absolute Gasteiger partial charge is 0.254 e. The van der Waals surface area contributed by atoms with E-state index in [4.69, 9.17) is 0 Å². The standard InChI is InChI=1S/C16H18FN3O4S2/c1-19-15-7-2-3-8-16(15)20(26(19,23)24)10-9-18-25(21,22)12-13-5-4-6-14(17)11-13/h2-8,11,18H,9-10,12H2,1H3. The lowest BCUT2D eigenvalue weighted by Gasteiger charge is -2.19. The molecule has 3 rings (SSSR count). The molecule has 1 aliphatic heterocycles. The van der Waals surface area contributed by atoms with E-state index in [1.165, 1.54) is 25.2 Å².